The van der Waals surface area contributed by atoms with Crippen LogP contribution in [0.2, 0.25) is 0 Å². The van der Waals surface area contributed by atoms with E-state index in [1.807, 2.05) is 20.8 Å². The minimum atomic E-state index is -4.17. The lowest BCUT2D eigenvalue weighted by Gasteiger charge is -2.22. The van der Waals surface area contributed by atoms with Crippen LogP contribution in [0.15, 0.2) is 9.29 Å². The van der Waals surface area contributed by atoms with Crippen LogP contribution in [0.4, 0.5) is 0 Å². The van der Waals surface area contributed by atoms with Gasteiger partial charge in [-0.3, -0.25) is 24.5 Å². The van der Waals surface area contributed by atoms with E-state index in [1.54, 1.807) is 27.8 Å². The lowest BCUT2D eigenvalue weighted by Crippen LogP contribution is -2.55. The first-order chi connectivity index (χ1) is 21.4. The van der Waals surface area contributed by atoms with Gasteiger partial charge in [-0.05, 0) is 78.1 Å². The van der Waals surface area contributed by atoms with Gasteiger partial charge in [0.1, 0.15) is 23.4 Å². The Bertz CT molecular complexity index is 1440. The fourth-order valence-electron chi connectivity index (χ4n) is 5.22. The number of hydrogen-bond donors (Lipinski definition) is 6. The molecule has 0 unspecified atom stereocenters. The molecule has 46 heavy (non-hydrogen) atoms. The van der Waals surface area contributed by atoms with E-state index >= 15 is 0 Å². The minimum Gasteiger partial charge on any atom is -0.487 e. The van der Waals surface area contributed by atoms with Gasteiger partial charge >= 0.3 is 5.97 Å². The molecule has 1 aliphatic heterocycles. The zero-order valence-corrected chi connectivity index (χ0v) is 28.8. The maximum atomic E-state index is 13.4. The van der Waals surface area contributed by atoms with Crippen molar-refractivity contribution >= 4 is 39.5 Å². The molecule has 0 fully saturated rings. The highest BCUT2D eigenvalue weighted by Crippen LogP contribution is 2.44. The second-order valence-corrected chi connectivity index (χ2v) is 13.4. The van der Waals surface area contributed by atoms with Gasteiger partial charge in [0.2, 0.25) is 17.8 Å². The maximum Gasteiger partial charge on any atom is 0.319 e. The summed E-state index contributed by atoms with van der Waals surface area (Å²) in [7, 11) is -2.56. The molecular weight excluding hydrogens is 618 g/mol. The second kappa shape index (κ2) is 16.7. The van der Waals surface area contributed by atoms with Gasteiger partial charge in [0.15, 0.2) is 5.78 Å². The Morgan fingerprint density at radius 2 is 1.72 bits per heavy atom. The van der Waals surface area contributed by atoms with Crippen LogP contribution in [0.3, 0.4) is 0 Å². The number of likely N-dealkylation sites (N-methyl/N-ethyl adjacent to an activating group) is 1. The molecule has 1 aromatic rings. The quantitative estimate of drug-likeness (QED) is 0.0543. The number of ketones is 1. The largest absolute Gasteiger partial charge is 0.487 e. The fraction of sp³-hybridized carbons (Fsp3) is 0.633. The summed E-state index contributed by atoms with van der Waals surface area (Å²) in [4.78, 5) is 49.2. The molecule has 0 saturated carbocycles. The third-order valence-corrected chi connectivity index (χ3v) is 8.99. The van der Waals surface area contributed by atoms with Gasteiger partial charge in [-0.15, -0.1) is 4.40 Å². The van der Waals surface area contributed by atoms with Gasteiger partial charge in [0, 0.05) is 32.0 Å². The van der Waals surface area contributed by atoms with Crippen molar-refractivity contribution in [3.8, 4) is 5.75 Å². The number of amides is 2. The number of nitrogens with zero attached hydrogens (tertiary/aromatic N) is 1. The number of nitrogens with one attached hydrogen (secondary N) is 5. The van der Waals surface area contributed by atoms with Crippen molar-refractivity contribution in [2.24, 2.45) is 10.1 Å². The zero-order chi connectivity index (χ0) is 34.8. The zero-order valence-electron chi connectivity index (χ0n) is 28.0. The molecule has 1 aliphatic rings. The molecule has 0 bridgehead atoms. The number of nitrogens with two attached hydrogens (primary N) is 1. The van der Waals surface area contributed by atoms with Crippen LogP contribution in [0.25, 0.3) is 0 Å². The number of Topliss-reactive ketones (excluding diaryl/α,β-unsaturated/α-hetero) is 1. The van der Waals surface area contributed by atoms with E-state index in [9.17, 15) is 27.6 Å². The SMILES string of the molecule is CCOC(=O)CNCC(=O)[C@H](CNC)NC(=O)[C@H](CCCN/C(N)=N\S(=O)(=O)c1c(C)c(C)c2c(c1C)CC(C)(C)O2)NC(C)=O. The second-order valence-electron chi connectivity index (χ2n) is 11.8. The summed E-state index contributed by atoms with van der Waals surface area (Å²) in [6.45, 7) is 12.3. The number of sulfonamides is 1. The predicted molar refractivity (Wildman–Crippen MR) is 173 cm³/mol. The van der Waals surface area contributed by atoms with Crippen LogP contribution in [0.1, 0.15) is 62.8 Å². The molecule has 2 atom stereocenters. The average Bonchev–Trinajstić information content (AvgIpc) is 3.28. The van der Waals surface area contributed by atoms with Gasteiger partial charge in [0.25, 0.3) is 10.0 Å². The summed E-state index contributed by atoms with van der Waals surface area (Å²) in [5.74, 6) is -1.51. The number of carbonyl (C=O) groups excluding carboxylic acids is 4. The Morgan fingerprint density at radius 1 is 1.04 bits per heavy atom. The number of ether oxygens (including phenoxy) is 2. The van der Waals surface area contributed by atoms with E-state index in [-0.39, 0.29) is 55.8 Å². The van der Waals surface area contributed by atoms with Crippen molar-refractivity contribution in [3.63, 3.8) is 0 Å². The van der Waals surface area contributed by atoms with Crippen molar-refractivity contribution < 1.29 is 37.1 Å². The van der Waals surface area contributed by atoms with Crippen LogP contribution in [0, 0.1) is 20.8 Å². The highest BCUT2D eigenvalue weighted by Gasteiger charge is 2.36. The molecule has 0 aromatic heterocycles. The first kappa shape index (κ1) is 38.4. The first-order valence-corrected chi connectivity index (χ1v) is 16.6. The van der Waals surface area contributed by atoms with Gasteiger partial charge in [-0.1, -0.05) is 0 Å². The van der Waals surface area contributed by atoms with E-state index < -0.39 is 45.5 Å². The van der Waals surface area contributed by atoms with Crippen molar-refractivity contribution in [3.05, 3.63) is 22.3 Å². The number of hydrogen-bond acceptors (Lipinski definition) is 10. The number of fused-ring (bicyclic) bond motifs is 1. The topological polar surface area (TPSA) is 219 Å². The summed E-state index contributed by atoms with van der Waals surface area (Å²) in [6.07, 6.45) is 1.01. The number of benzene rings is 1. The van der Waals surface area contributed by atoms with Gasteiger partial charge in [-0.25, -0.2) is 0 Å². The van der Waals surface area contributed by atoms with Gasteiger partial charge in [0.05, 0.1) is 24.6 Å². The molecule has 7 N–H and O–H groups in total. The predicted octanol–water partition coefficient (Wildman–Crippen LogP) is -0.371. The van der Waals surface area contributed by atoms with Gasteiger partial charge in [-0.2, -0.15) is 8.42 Å². The molecule has 0 saturated heterocycles. The van der Waals surface area contributed by atoms with E-state index in [2.05, 4.69) is 31.0 Å². The van der Waals surface area contributed by atoms with Crippen LogP contribution < -0.4 is 37.1 Å². The molecule has 15 nitrogen and oxygen atoms in total. The van der Waals surface area contributed by atoms with E-state index in [1.165, 1.54) is 6.92 Å². The van der Waals surface area contributed by atoms with Crippen molar-refractivity contribution in [2.75, 3.05) is 39.8 Å². The van der Waals surface area contributed by atoms with Crippen LogP contribution in [-0.4, -0.2) is 95.5 Å². The standard InChI is InChI=1S/C30H49N7O8S/c1-9-44-25(40)16-33-15-24(39)23(14-32-8)36-28(41)22(35-20(5)38)11-10-12-34-29(31)37-46(42,43)27-18(3)17(2)26-21(19(27)4)13-30(6,7)45-26/h22-23,32-33H,9-16H2,1-8H3,(H,35,38)(H,36,41)(H3,31,34,37)/t22-,23-/m0/s1. The molecule has 1 aromatic carbocycles. The minimum absolute atomic E-state index is 0.0963. The first-order valence-electron chi connectivity index (χ1n) is 15.2. The summed E-state index contributed by atoms with van der Waals surface area (Å²) < 4.78 is 41.5. The third kappa shape index (κ3) is 10.7. The molecular formula is C30H49N7O8S. The lowest BCUT2D eigenvalue weighted by molar-refractivity contribution is -0.142. The van der Waals surface area contributed by atoms with E-state index in [0.29, 0.717) is 29.7 Å². The Labute approximate surface area is 271 Å². The van der Waals surface area contributed by atoms with Crippen LogP contribution in [0.5, 0.6) is 5.75 Å². The molecule has 1 heterocycles. The molecule has 258 valence electrons. The number of carbonyl (C=O) groups is 4. The van der Waals surface area contributed by atoms with Crippen LogP contribution >= 0.6 is 0 Å². The van der Waals surface area contributed by atoms with Crippen LogP contribution in [-0.2, 0) is 40.4 Å². The Morgan fingerprint density at radius 3 is 2.33 bits per heavy atom. The number of esters is 1. The smallest absolute Gasteiger partial charge is 0.319 e. The molecule has 2 amide bonds. The van der Waals surface area contributed by atoms with Crippen molar-refractivity contribution in [1.29, 1.82) is 0 Å². The lowest BCUT2D eigenvalue weighted by atomic mass is 9.94. The molecule has 0 aliphatic carbocycles. The van der Waals surface area contributed by atoms with Crippen molar-refractivity contribution in [2.45, 2.75) is 90.3 Å². The van der Waals surface area contributed by atoms with E-state index in [4.69, 9.17) is 15.2 Å². The molecule has 16 heteroatoms. The number of rotatable bonds is 17. The molecule has 0 spiro atoms. The third-order valence-electron chi connectivity index (χ3n) is 7.43. The Hall–Kier alpha value is -3.76. The Kier molecular flexibility index (Phi) is 13.9. The molecule has 0 radical (unpaired) electrons. The fourth-order valence-corrected chi connectivity index (χ4v) is 6.69. The summed E-state index contributed by atoms with van der Waals surface area (Å²) >= 11 is 0. The highest BCUT2D eigenvalue weighted by molar-refractivity contribution is 7.90. The monoisotopic (exact) mass is 667 g/mol. The molecule has 2 rings (SSSR count). The van der Waals surface area contributed by atoms with Crippen molar-refractivity contribution in [1.82, 2.24) is 26.6 Å². The Balaban J connectivity index is 2.04. The summed E-state index contributed by atoms with van der Waals surface area (Å²) in [5, 5.41) is 13.5. The number of guanidine groups is 1. The average molecular weight is 668 g/mol. The highest BCUT2D eigenvalue weighted by atomic mass is 32.2. The summed E-state index contributed by atoms with van der Waals surface area (Å²) in [6, 6.07) is -1.91. The maximum absolute atomic E-state index is 13.4. The normalized spacial score (nSPS) is 15.3. The van der Waals surface area contributed by atoms with E-state index in [0.717, 1.165) is 11.1 Å². The summed E-state index contributed by atoms with van der Waals surface area (Å²) in [5.41, 5.74) is 8.20. The van der Waals surface area contributed by atoms with Gasteiger partial charge < -0.3 is 36.5 Å².